The topological polar surface area (TPSA) is 47.7 Å². The fraction of sp³-hybridized carbons (Fsp3) is 0.217. The van der Waals surface area contributed by atoms with Gasteiger partial charge in [-0.1, -0.05) is 41.4 Å². The molecule has 4 rings (SSSR count). The van der Waals surface area contributed by atoms with E-state index in [4.69, 9.17) is 38.4 Å². The van der Waals surface area contributed by atoms with Gasteiger partial charge in [-0.3, -0.25) is 4.90 Å². The second-order valence-corrected chi connectivity index (χ2v) is 7.97. The van der Waals surface area contributed by atoms with Crippen LogP contribution in [0.15, 0.2) is 54.6 Å². The molecule has 0 radical (unpaired) electrons. The van der Waals surface area contributed by atoms with Crippen LogP contribution in [0.5, 0.6) is 17.2 Å². The predicted octanol–water partition coefficient (Wildman–Crippen LogP) is 5.93. The van der Waals surface area contributed by atoms with E-state index in [0.29, 0.717) is 21.5 Å². The summed E-state index contributed by atoms with van der Waals surface area (Å²) in [6, 6.07) is 17.6. The Labute approximate surface area is 180 Å². The molecule has 4 nitrogen and oxygen atoms in total. The van der Waals surface area contributed by atoms with Gasteiger partial charge in [0.05, 0.1) is 17.2 Å². The van der Waals surface area contributed by atoms with Crippen molar-refractivity contribution in [3.05, 3.63) is 81.3 Å². The Balaban J connectivity index is 1.47. The van der Waals surface area contributed by atoms with Crippen LogP contribution in [0.25, 0.3) is 0 Å². The first-order chi connectivity index (χ1) is 14.0. The Morgan fingerprint density at radius 3 is 2.52 bits per heavy atom. The van der Waals surface area contributed by atoms with Crippen LogP contribution in [0.3, 0.4) is 0 Å². The Morgan fingerprint density at radius 1 is 0.966 bits per heavy atom. The number of methoxy groups -OCH3 is 1. The molecule has 1 aliphatic heterocycles. The molecule has 0 aromatic heterocycles. The summed E-state index contributed by atoms with van der Waals surface area (Å²) in [6.07, 6.45) is 0.958. The van der Waals surface area contributed by atoms with Crippen molar-refractivity contribution in [3.8, 4) is 17.2 Å². The zero-order chi connectivity index (χ0) is 20.4. The summed E-state index contributed by atoms with van der Waals surface area (Å²) in [6.45, 7) is 2.78. The minimum Gasteiger partial charge on any atom is -0.497 e. The minimum atomic E-state index is 0.400. The van der Waals surface area contributed by atoms with Crippen molar-refractivity contribution in [1.82, 2.24) is 4.90 Å². The fourth-order valence-electron chi connectivity index (χ4n) is 3.61. The molecule has 2 N–H and O–H groups in total. The minimum absolute atomic E-state index is 0.400. The second-order valence-electron chi connectivity index (χ2n) is 7.16. The molecule has 0 spiro atoms. The van der Waals surface area contributed by atoms with Crippen LogP contribution in [0, 0.1) is 0 Å². The molecule has 1 heterocycles. The Kier molecular flexibility index (Phi) is 5.86. The molecule has 0 unspecified atom stereocenters. The van der Waals surface area contributed by atoms with E-state index in [0.717, 1.165) is 37.6 Å². The molecule has 150 valence electrons. The largest absolute Gasteiger partial charge is 0.497 e. The molecular formula is C23H22Cl2N2O2. The highest BCUT2D eigenvalue weighted by atomic mass is 35.5. The number of rotatable bonds is 5. The van der Waals surface area contributed by atoms with Crippen LogP contribution >= 0.6 is 23.2 Å². The zero-order valence-electron chi connectivity index (χ0n) is 16.1. The van der Waals surface area contributed by atoms with Crippen LogP contribution in [-0.4, -0.2) is 18.6 Å². The molecule has 0 atom stereocenters. The number of fused-ring (bicyclic) bond motifs is 1. The number of ether oxygens (including phenoxy) is 2. The lowest BCUT2D eigenvalue weighted by atomic mass is 9.99. The number of hydrogen-bond donors (Lipinski definition) is 1. The average molecular weight is 429 g/mol. The SMILES string of the molecule is COc1cccc(CN2CCc3cc(Oc4c(Cl)cc(N)cc4Cl)ccc3C2)c1. The normalized spacial score (nSPS) is 13.8. The average Bonchev–Trinajstić information content (AvgIpc) is 2.71. The molecule has 0 fully saturated rings. The van der Waals surface area contributed by atoms with Crippen molar-refractivity contribution >= 4 is 28.9 Å². The van der Waals surface area contributed by atoms with Gasteiger partial charge in [-0.15, -0.1) is 0 Å². The number of hydrogen-bond acceptors (Lipinski definition) is 4. The van der Waals surface area contributed by atoms with Gasteiger partial charge in [0, 0.05) is 25.3 Å². The zero-order valence-corrected chi connectivity index (χ0v) is 17.6. The standard InChI is InChI=1S/C23H22Cl2N2O2/c1-28-19-4-2-3-15(9-19)13-27-8-7-16-10-20(6-5-17(16)14-27)29-23-21(24)11-18(26)12-22(23)25/h2-6,9-12H,7-8,13-14,26H2,1H3. The van der Waals surface area contributed by atoms with E-state index in [2.05, 4.69) is 29.2 Å². The smallest absolute Gasteiger partial charge is 0.164 e. The van der Waals surface area contributed by atoms with E-state index in [9.17, 15) is 0 Å². The van der Waals surface area contributed by atoms with Crippen molar-refractivity contribution in [3.63, 3.8) is 0 Å². The Bertz CT molecular complexity index is 1020. The number of anilines is 1. The summed E-state index contributed by atoms with van der Waals surface area (Å²) in [7, 11) is 1.70. The van der Waals surface area contributed by atoms with E-state index in [1.54, 1.807) is 19.2 Å². The molecule has 0 bridgehead atoms. The lowest BCUT2D eigenvalue weighted by molar-refractivity contribution is 0.245. The monoisotopic (exact) mass is 428 g/mol. The highest BCUT2D eigenvalue weighted by Crippen LogP contribution is 2.38. The number of benzene rings is 3. The van der Waals surface area contributed by atoms with Crippen LogP contribution < -0.4 is 15.2 Å². The Morgan fingerprint density at radius 2 is 1.76 bits per heavy atom. The number of nitrogens with zero attached hydrogens (tertiary/aromatic N) is 1. The summed E-state index contributed by atoms with van der Waals surface area (Å²) < 4.78 is 11.3. The van der Waals surface area contributed by atoms with Gasteiger partial charge in [0.25, 0.3) is 0 Å². The van der Waals surface area contributed by atoms with E-state index in [-0.39, 0.29) is 0 Å². The molecule has 3 aromatic rings. The van der Waals surface area contributed by atoms with Crippen LogP contribution in [0.4, 0.5) is 5.69 Å². The van der Waals surface area contributed by atoms with Crippen molar-refractivity contribution in [1.29, 1.82) is 0 Å². The van der Waals surface area contributed by atoms with Gasteiger partial charge < -0.3 is 15.2 Å². The van der Waals surface area contributed by atoms with Gasteiger partial charge in [0.15, 0.2) is 5.75 Å². The summed E-state index contributed by atoms with van der Waals surface area (Å²) in [5.41, 5.74) is 10.1. The van der Waals surface area contributed by atoms with Crippen molar-refractivity contribution in [2.45, 2.75) is 19.5 Å². The molecule has 6 heteroatoms. The summed E-state index contributed by atoms with van der Waals surface area (Å²) in [4.78, 5) is 2.44. The number of halogens is 2. The predicted molar refractivity (Wildman–Crippen MR) is 118 cm³/mol. The Hall–Kier alpha value is -2.40. The van der Waals surface area contributed by atoms with E-state index >= 15 is 0 Å². The first kappa shape index (κ1) is 19.9. The molecular weight excluding hydrogens is 407 g/mol. The van der Waals surface area contributed by atoms with Crippen LogP contribution in [0.2, 0.25) is 10.0 Å². The third kappa shape index (κ3) is 4.61. The molecule has 0 saturated heterocycles. The first-order valence-corrected chi connectivity index (χ1v) is 10.2. The molecule has 3 aromatic carbocycles. The van der Waals surface area contributed by atoms with Crippen molar-refractivity contribution < 1.29 is 9.47 Å². The van der Waals surface area contributed by atoms with Gasteiger partial charge in [-0.25, -0.2) is 0 Å². The van der Waals surface area contributed by atoms with Crippen molar-refractivity contribution in [2.75, 3.05) is 19.4 Å². The number of nitrogen functional groups attached to an aromatic ring is 1. The maximum absolute atomic E-state index is 6.24. The van der Waals surface area contributed by atoms with Gasteiger partial charge in [-0.05, 0) is 59.5 Å². The first-order valence-electron chi connectivity index (χ1n) is 9.41. The van der Waals surface area contributed by atoms with E-state index < -0.39 is 0 Å². The third-order valence-electron chi connectivity index (χ3n) is 5.05. The summed E-state index contributed by atoms with van der Waals surface area (Å²) in [5, 5.41) is 0.800. The fourth-order valence-corrected chi connectivity index (χ4v) is 4.19. The molecule has 29 heavy (non-hydrogen) atoms. The van der Waals surface area contributed by atoms with Crippen LogP contribution in [-0.2, 0) is 19.5 Å². The van der Waals surface area contributed by atoms with Gasteiger partial charge in [0.2, 0.25) is 0 Å². The van der Waals surface area contributed by atoms with Gasteiger partial charge >= 0.3 is 0 Å². The maximum Gasteiger partial charge on any atom is 0.164 e. The van der Waals surface area contributed by atoms with E-state index in [1.165, 1.54) is 16.7 Å². The third-order valence-corrected chi connectivity index (χ3v) is 5.61. The highest BCUT2D eigenvalue weighted by Gasteiger charge is 2.18. The lowest BCUT2D eigenvalue weighted by Crippen LogP contribution is -2.30. The molecule has 0 saturated carbocycles. The molecule has 1 aliphatic rings. The summed E-state index contributed by atoms with van der Waals surface area (Å²) >= 11 is 12.5. The maximum atomic E-state index is 6.24. The molecule has 0 aliphatic carbocycles. The quantitative estimate of drug-likeness (QED) is 0.511. The highest BCUT2D eigenvalue weighted by molar-refractivity contribution is 6.37. The van der Waals surface area contributed by atoms with Gasteiger partial charge in [0.1, 0.15) is 11.5 Å². The number of nitrogens with two attached hydrogens (primary N) is 1. The van der Waals surface area contributed by atoms with E-state index in [1.807, 2.05) is 18.2 Å². The van der Waals surface area contributed by atoms with Crippen molar-refractivity contribution in [2.24, 2.45) is 0 Å². The summed E-state index contributed by atoms with van der Waals surface area (Å²) in [5.74, 6) is 2.04. The lowest BCUT2D eigenvalue weighted by Gasteiger charge is -2.29. The molecule has 0 amide bonds. The second kappa shape index (κ2) is 8.54. The van der Waals surface area contributed by atoms with Crippen LogP contribution in [0.1, 0.15) is 16.7 Å². The van der Waals surface area contributed by atoms with Gasteiger partial charge in [-0.2, -0.15) is 0 Å².